The van der Waals surface area contributed by atoms with Crippen molar-refractivity contribution in [3.63, 3.8) is 0 Å². The van der Waals surface area contributed by atoms with E-state index in [1.165, 1.54) is 11.6 Å². The number of aromatic nitrogens is 1. The number of halogens is 1. The average Bonchev–Trinajstić information content (AvgIpc) is 2.97. The number of rotatable bonds is 4. The number of carbonyl (C=O) groups excluding carboxylic acids is 1. The summed E-state index contributed by atoms with van der Waals surface area (Å²) in [5, 5.41) is 1.42. The van der Waals surface area contributed by atoms with Crippen molar-refractivity contribution >= 4 is 27.7 Å². The van der Waals surface area contributed by atoms with Crippen molar-refractivity contribution in [1.29, 1.82) is 0 Å². The SMILES string of the molecule is CCc1ccccc1Cn1c2cccc(C(N)=O)c2c2cccc(F)c21. The summed E-state index contributed by atoms with van der Waals surface area (Å²) in [5.74, 6) is -0.809. The lowest BCUT2D eigenvalue weighted by Gasteiger charge is -2.12. The van der Waals surface area contributed by atoms with Gasteiger partial charge in [-0.05, 0) is 35.7 Å². The van der Waals surface area contributed by atoms with E-state index in [0.29, 0.717) is 28.4 Å². The Labute approximate surface area is 150 Å². The number of hydrogen-bond donors (Lipinski definition) is 1. The van der Waals surface area contributed by atoms with Crippen LogP contribution in [-0.2, 0) is 13.0 Å². The summed E-state index contributed by atoms with van der Waals surface area (Å²) >= 11 is 0. The number of nitrogens with two attached hydrogens (primary N) is 1. The highest BCUT2D eigenvalue weighted by molar-refractivity contribution is 6.17. The zero-order chi connectivity index (χ0) is 18.3. The van der Waals surface area contributed by atoms with Crippen LogP contribution >= 0.6 is 0 Å². The van der Waals surface area contributed by atoms with Gasteiger partial charge in [-0.25, -0.2) is 4.39 Å². The first kappa shape index (κ1) is 16.3. The van der Waals surface area contributed by atoms with Crippen LogP contribution in [-0.4, -0.2) is 10.5 Å². The van der Waals surface area contributed by atoms with E-state index in [1.54, 1.807) is 18.2 Å². The van der Waals surface area contributed by atoms with E-state index in [9.17, 15) is 9.18 Å². The molecule has 4 heteroatoms. The Hall–Kier alpha value is -3.14. The number of hydrogen-bond acceptors (Lipinski definition) is 1. The van der Waals surface area contributed by atoms with Gasteiger partial charge < -0.3 is 10.3 Å². The molecule has 0 unspecified atom stereocenters. The van der Waals surface area contributed by atoms with Crippen molar-refractivity contribution < 1.29 is 9.18 Å². The number of carbonyl (C=O) groups is 1. The van der Waals surface area contributed by atoms with E-state index < -0.39 is 5.91 Å². The van der Waals surface area contributed by atoms with Crippen molar-refractivity contribution in [1.82, 2.24) is 4.57 Å². The van der Waals surface area contributed by atoms with Gasteiger partial charge in [0.1, 0.15) is 5.82 Å². The highest BCUT2D eigenvalue weighted by atomic mass is 19.1. The highest BCUT2D eigenvalue weighted by Crippen LogP contribution is 2.34. The van der Waals surface area contributed by atoms with Crippen molar-refractivity contribution in [2.75, 3.05) is 0 Å². The minimum absolute atomic E-state index is 0.303. The molecule has 0 aliphatic heterocycles. The number of aryl methyl sites for hydroxylation is 1. The monoisotopic (exact) mass is 346 g/mol. The van der Waals surface area contributed by atoms with Gasteiger partial charge in [0.15, 0.2) is 0 Å². The summed E-state index contributed by atoms with van der Waals surface area (Å²) in [7, 11) is 0. The second-order valence-electron chi connectivity index (χ2n) is 6.41. The summed E-state index contributed by atoms with van der Waals surface area (Å²) in [6, 6.07) is 18.5. The first-order valence-corrected chi connectivity index (χ1v) is 8.67. The molecule has 0 atom stereocenters. The molecule has 0 bridgehead atoms. The molecule has 0 saturated heterocycles. The third-order valence-electron chi connectivity index (χ3n) is 4.95. The van der Waals surface area contributed by atoms with E-state index in [4.69, 9.17) is 5.73 Å². The van der Waals surface area contributed by atoms with Gasteiger partial charge >= 0.3 is 0 Å². The topological polar surface area (TPSA) is 48.0 Å². The summed E-state index contributed by atoms with van der Waals surface area (Å²) in [6.45, 7) is 2.64. The molecule has 0 radical (unpaired) electrons. The Morgan fingerprint density at radius 1 is 1.00 bits per heavy atom. The van der Waals surface area contributed by atoms with E-state index >= 15 is 0 Å². The van der Waals surface area contributed by atoms with Gasteiger partial charge in [0.25, 0.3) is 0 Å². The van der Waals surface area contributed by atoms with Crippen LogP contribution in [0, 0.1) is 5.82 Å². The number of benzene rings is 3. The molecule has 4 rings (SSSR count). The average molecular weight is 346 g/mol. The summed E-state index contributed by atoms with van der Waals surface area (Å²) in [4.78, 5) is 11.9. The predicted molar refractivity (Wildman–Crippen MR) is 103 cm³/mol. The minimum Gasteiger partial charge on any atom is -0.366 e. The van der Waals surface area contributed by atoms with Gasteiger partial charge in [-0.15, -0.1) is 0 Å². The van der Waals surface area contributed by atoms with Crippen LogP contribution in [0.4, 0.5) is 4.39 Å². The van der Waals surface area contributed by atoms with Crippen LogP contribution in [0.25, 0.3) is 21.8 Å². The molecule has 1 aromatic heterocycles. The zero-order valence-electron chi connectivity index (χ0n) is 14.5. The Morgan fingerprint density at radius 2 is 1.73 bits per heavy atom. The number of amides is 1. The van der Waals surface area contributed by atoms with Crippen molar-refractivity contribution in [2.45, 2.75) is 19.9 Å². The molecule has 1 heterocycles. The largest absolute Gasteiger partial charge is 0.366 e. The first-order valence-electron chi connectivity index (χ1n) is 8.67. The molecule has 26 heavy (non-hydrogen) atoms. The first-order chi connectivity index (χ1) is 12.6. The smallest absolute Gasteiger partial charge is 0.249 e. The number of para-hydroxylation sites is 1. The second-order valence-corrected chi connectivity index (χ2v) is 6.41. The Bertz CT molecular complexity index is 1140. The number of fused-ring (bicyclic) bond motifs is 3. The fraction of sp³-hybridized carbons (Fsp3) is 0.136. The predicted octanol–water partition coefficient (Wildman–Crippen LogP) is 4.64. The van der Waals surface area contributed by atoms with Gasteiger partial charge in [-0.1, -0.05) is 49.4 Å². The van der Waals surface area contributed by atoms with Crippen LogP contribution in [0.2, 0.25) is 0 Å². The van der Waals surface area contributed by atoms with Gasteiger partial charge in [0, 0.05) is 22.9 Å². The second kappa shape index (κ2) is 6.30. The highest BCUT2D eigenvalue weighted by Gasteiger charge is 2.19. The molecule has 0 aliphatic rings. The van der Waals surface area contributed by atoms with Gasteiger partial charge in [-0.2, -0.15) is 0 Å². The molecule has 0 spiro atoms. The summed E-state index contributed by atoms with van der Waals surface area (Å²) in [5.41, 5.74) is 9.67. The molecule has 2 N–H and O–H groups in total. The Morgan fingerprint density at radius 3 is 2.46 bits per heavy atom. The van der Waals surface area contributed by atoms with Gasteiger partial charge in [0.05, 0.1) is 11.0 Å². The molecule has 0 fully saturated rings. The number of primary amides is 1. The lowest BCUT2D eigenvalue weighted by atomic mass is 10.1. The quantitative estimate of drug-likeness (QED) is 0.575. The van der Waals surface area contributed by atoms with E-state index in [1.807, 2.05) is 28.8 Å². The van der Waals surface area contributed by atoms with Crippen LogP contribution in [0.1, 0.15) is 28.4 Å². The van der Waals surface area contributed by atoms with Gasteiger partial charge in [-0.3, -0.25) is 4.79 Å². The Balaban J connectivity index is 2.07. The third kappa shape index (κ3) is 2.46. The van der Waals surface area contributed by atoms with E-state index in [-0.39, 0.29) is 5.82 Å². The molecule has 1 amide bonds. The molecular formula is C22H19FN2O. The maximum Gasteiger partial charge on any atom is 0.249 e. The summed E-state index contributed by atoms with van der Waals surface area (Å²) < 4.78 is 16.7. The number of nitrogens with zero attached hydrogens (tertiary/aromatic N) is 1. The molecule has 3 aromatic carbocycles. The fourth-order valence-electron chi connectivity index (χ4n) is 3.76. The zero-order valence-corrected chi connectivity index (χ0v) is 14.5. The van der Waals surface area contributed by atoms with Gasteiger partial charge in [0.2, 0.25) is 5.91 Å². The molecule has 0 saturated carbocycles. The van der Waals surface area contributed by atoms with E-state index in [0.717, 1.165) is 17.5 Å². The van der Waals surface area contributed by atoms with E-state index in [2.05, 4.69) is 19.1 Å². The lowest BCUT2D eigenvalue weighted by Crippen LogP contribution is -2.11. The standard InChI is InChI=1S/C22H19FN2O/c1-2-14-7-3-4-8-15(14)13-25-19-12-6-10-17(22(24)26)20(19)16-9-5-11-18(23)21(16)25/h3-12H,2,13H2,1H3,(H2,24,26). The fourth-order valence-corrected chi connectivity index (χ4v) is 3.76. The van der Waals surface area contributed by atoms with Crippen molar-refractivity contribution in [3.05, 3.63) is 83.2 Å². The molecule has 3 nitrogen and oxygen atoms in total. The van der Waals surface area contributed by atoms with Crippen LogP contribution in [0.15, 0.2) is 60.7 Å². The van der Waals surface area contributed by atoms with Crippen molar-refractivity contribution in [2.24, 2.45) is 5.73 Å². The maximum absolute atomic E-state index is 14.8. The molecule has 4 aromatic rings. The molecule has 130 valence electrons. The summed E-state index contributed by atoms with van der Waals surface area (Å²) in [6.07, 6.45) is 0.905. The molecule has 0 aliphatic carbocycles. The van der Waals surface area contributed by atoms with Crippen molar-refractivity contribution in [3.8, 4) is 0 Å². The minimum atomic E-state index is -0.507. The maximum atomic E-state index is 14.8. The van der Waals surface area contributed by atoms with Crippen LogP contribution < -0.4 is 5.73 Å². The van der Waals surface area contributed by atoms with Crippen LogP contribution in [0.3, 0.4) is 0 Å². The lowest BCUT2D eigenvalue weighted by molar-refractivity contribution is 0.100. The normalized spacial score (nSPS) is 11.3. The van der Waals surface area contributed by atoms with Crippen LogP contribution in [0.5, 0.6) is 0 Å². The third-order valence-corrected chi connectivity index (χ3v) is 4.95. The molecular weight excluding hydrogens is 327 g/mol. The Kier molecular flexibility index (Phi) is 3.96.